The minimum Gasteiger partial charge on any atom is -0.266 e. The highest BCUT2D eigenvalue weighted by Gasteiger charge is 2.09. The molecule has 0 radical (unpaired) electrons. The van der Waals surface area contributed by atoms with Crippen LogP contribution in [0.25, 0.3) is 0 Å². The average molecular weight is 260 g/mol. The highest BCUT2D eigenvalue weighted by atomic mass is 79.9. The first kappa shape index (κ1) is 10.1. The van der Waals surface area contributed by atoms with Gasteiger partial charge in [0.15, 0.2) is 0 Å². The second-order valence-electron chi connectivity index (χ2n) is 2.13. The van der Waals surface area contributed by atoms with Crippen LogP contribution < -0.4 is 0 Å². The molecule has 0 N–H and O–H groups in total. The average Bonchev–Trinajstić information content (AvgIpc) is 2.09. The summed E-state index contributed by atoms with van der Waals surface area (Å²) in [6.07, 6.45) is 1.16. The molecule has 0 aliphatic rings. The van der Waals surface area contributed by atoms with Gasteiger partial charge in [0.25, 0.3) is 5.91 Å². The van der Waals surface area contributed by atoms with Gasteiger partial charge in [-0.3, -0.25) is 4.79 Å². The smallest absolute Gasteiger partial charge is 0.266 e. The third kappa shape index (κ3) is 2.49. The fraction of sp³-hybridized carbons (Fsp3) is 0. The van der Waals surface area contributed by atoms with Crippen molar-refractivity contribution in [1.82, 2.24) is 0 Å². The van der Waals surface area contributed by atoms with Crippen molar-refractivity contribution in [3.8, 4) is 0 Å². The number of hydrogen-bond acceptors (Lipinski definition) is 2. The summed E-state index contributed by atoms with van der Waals surface area (Å²) in [6, 6.07) is 4.72. The predicted molar refractivity (Wildman–Crippen MR) is 51.6 cm³/mol. The van der Waals surface area contributed by atoms with E-state index in [1.54, 1.807) is 12.1 Å². The van der Waals surface area contributed by atoms with E-state index in [-0.39, 0.29) is 10.6 Å². The lowest BCUT2D eigenvalue weighted by Gasteiger charge is -1.97. The number of isocyanates is 1. The highest BCUT2D eigenvalue weighted by Crippen LogP contribution is 2.21. The zero-order valence-electron chi connectivity index (χ0n) is 6.25. The van der Waals surface area contributed by atoms with Crippen LogP contribution in [0.3, 0.4) is 0 Å². The maximum Gasteiger partial charge on any atom is 0.289 e. The molecule has 66 valence electrons. The second-order valence-corrected chi connectivity index (χ2v) is 3.46. The molecule has 0 fully saturated rings. The van der Waals surface area contributed by atoms with E-state index in [9.17, 15) is 9.59 Å². The third-order valence-corrected chi connectivity index (χ3v) is 2.13. The molecule has 0 aliphatic heterocycles. The number of amides is 1. The Morgan fingerprint density at radius 2 is 2.23 bits per heavy atom. The molecule has 0 saturated heterocycles. The molecule has 0 bridgehead atoms. The van der Waals surface area contributed by atoms with Crippen molar-refractivity contribution in [3.05, 3.63) is 33.3 Å². The molecule has 0 aliphatic carbocycles. The van der Waals surface area contributed by atoms with Crippen molar-refractivity contribution in [2.24, 2.45) is 4.99 Å². The van der Waals surface area contributed by atoms with Gasteiger partial charge in [-0.15, -0.1) is 4.99 Å². The standard InChI is InChI=1S/C8H3BrClNO2/c9-5-1-2-7(10)6(3-5)8(13)11-4-12/h1-3H. The fourth-order valence-electron chi connectivity index (χ4n) is 0.763. The SMILES string of the molecule is O=C=NC(=O)c1cc(Br)ccc1Cl. The van der Waals surface area contributed by atoms with E-state index >= 15 is 0 Å². The molecule has 1 amide bonds. The van der Waals surface area contributed by atoms with Crippen molar-refractivity contribution in [3.63, 3.8) is 0 Å². The van der Waals surface area contributed by atoms with Crippen LogP contribution in [-0.2, 0) is 4.79 Å². The minimum atomic E-state index is -0.693. The number of aliphatic imine (C=N–C) groups is 1. The quantitative estimate of drug-likeness (QED) is 0.575. The molecule has 1 aromatic rings. The van der Waals surface area contributed by atoms with Crippen LogP contribution in [0.2, 0.25) is 5.02 Å². The molecule has 1 rings (SSSR count). The Bertz CT molecular complexity index is 399. The van der Waals surface area contributed by atoms with Gasteiger partial charge in [0.2, 0.25) is 6.08 Å². The number of halogens is 2. The lowest BCUT2D eigenvalue weighted by molar-refractivity contribution is 0.100. The summed E-state index contributed by atoms with van der Waals surface area (Å²) in [5.41, 5.74) is 0.180. The summed E-state index contributed by atoms with van der Waals surface area (Å²) in [5, 5.41) is 0.257. The highest BCUT2D eigenvalue weighted by molar-refractivity contribution is 9.10. The maximum atomic E-state index is 11.1. The van der Waals surface area contributed by atoms with Crippen molar-refractivity contribution in [2.45, 2.75) is 0 Å². The zero-order valence-corrected chi connectivity index (χ0v) is 8.59. The fourth-order valence-corrected chi connectivity index (χ4v) is 1.32. The van der Waals surface area contributed by atoms with Crippen LogP contribution in [0.4, 0.5) is 0 Å². The molecule has 0 atom stereocenters. The number of carbonyl (C=O) groups is 1. The Balaban J connectivity index is 3.20. The largest absolute Gasteiger partial charge is 0.289 e. The van der Waals surface area contributed by atoms with Gasteiger partial charge in [-0.05, 0) is 18.2 Å². The Morgan fingerprint density at radius 3 is 2.85 bits per heavy atom. The molecule has 0 aromatic heterocycles. The van der Waals surface area contributed by atoms with Crippen LogP contribution in [0.1, 0.15) is 10.4 Å². The molecule has 0 spiro atoms. The molecular weight excluding hydrogens is 257 g/mol. The van der Waals surface area contributed by atoms with E-state index in [1.807, 2.05) is 0 Å². The van der Waals surface area contributed by atoms with Crippen molar-refractivity contribution < 1.29 is 9.59 Å². The Kier molecular flexibility index (Phi) is 3.37. The van der Waals surface area contributed by atoms with E-state index in [0.717, 1.165) is 6.08 Å². The van der Waals surface area contributed by atoms with Gasteiger partial charge in [0.05, 0.1) is 10.6 Å². The number of hydrogen-bond donors (Lipinski definition) is 0. The van der Waals surface area contributed by atoms with Gasteiger partial charge in [-0.2, -0.15) is 0 Å². The second kappa shape index (κ2) is 4.33. The molecule has 3 nitrogen and oxygen atoms in total. The first-order chi connectivity index (χ1) is 6.15. The predicted octanol–water partition coefficient (Wildman–Crippen LogP) is 2.58. The van der Waals surface area contributed by atoms with E-state index in [2.05, 4.69) is 20.9 Å². The summed E-state index contributed by atoms with van der Waals surface area (Å²) < 4.78 is 0.696. The van der Waals surface area contributed by atoms with Gasteiger partial charge in [0.1, 0.15) is 0 Å². The van der Waals surface area contributed by atoms with E-state index in [4.69, 9.17) is 11.6 Å². The normalized spacial score (nSPS) is 9.08. The lowest BCUT2D eigenvalue weighted by atomic mass is 10.2. The monoisotopic (exact) mass is 259 g/mol. The first-order valence-electron chi connectivity index (χ1n) is 3.22. The van der Waals surface area contributed by atoms with Gasteiger partial charge < -0.3 is 0 Å². The summed E-state index contributed by atoms with van der Waals surface area (Å²) in [7, 11) is 0. The minimum absolute atomic E-state index is 0.180. The van der Waals surface area contributed by atoms with Crippen LogP contribution in [-0.4, -0.2) is 12.0 Å². The van der Waals surface area contributed by atoms with Gasteiger partial charge >= 0.3 is 0 Å². The van der Waals surface area contributed by atoms with E-state index in [0.29, 0.717) is 4.47 Å². The van der Waals surface area contributed by atoms with Gasteiger partial charge in [0, 0.05) is 4.47 Å². The number of benzene rings is 1. The lowest BCUT2D eigenvalue weighted by Crippen LogP contribution is -1.95. The van der Waals surface area contributed by atoms with Crippen molar-refractivity contribution in [1.29, 1.82) is 0 Å². The van der Waals surface area contributed by atoms with Gasteiger partial charge in [-0.25, -0.2) is 4.79 Å². The molecule has 5 heteroatoms. The van der Waals surface area contributed by atoms with Gasteiger partial charge in [-0.1, -0.05) is 27.5 Å². The van der Waals surface area contributed by atoms with E-state index < -0.39 is 5.91 Å². The molecule has 1 aromatic carbocycles. The Morgan fingerprint density at radius 1 is 1.54 bits per heavy atom. The summed E-state index contributed by atoms with van der Waals surface area (Å²) in [5.74, 6) is -0.693. The summed E-state index contributed by atoms with van der Waals surface area (Å²) >= 11 is 8.86. The Labute approximate surface area is 87.6 Å². The number of rotatable bonds is 1. The zero-order chi connectivity index (χ0) is 9.84. The van der Waals surface area contributed by atoms with Crippen LogP contribution in [0.5, 0.6) is 0 Å². The molecule has 0 saturated carbocycles. The van der Waals surface area contributed by atoms with Crippen molar-refractivity contribution >= 4 is 39.5 Å². The maximum absolute atomic E-state index is 11.1. The third-order valence-electron chi connectivity index (χ3n) is 1.31. The number of nitrogens with zero attached hydrogens (tertiary/aromatic N) is 1. The van der Waals surface area contributed by atoms with Crippen molar-refractivity contribution in [2.75, 3.05) is 0 Å². The molecular formula is C8H3BrClNO2. The van der Waals surface area contributed by atoms with Crippen LogP contribution in [0.15, 0.2) is 27.7 Å². The first-order valence-corrected chi connectivity index (χ1v) is 4.39. The topological polar surface area (TPSA) is 46.5 Å². The number of carbonyl (C=O) groups excluding carboxylic acids is 2. The molecule has 0 heterocycles. The Hall–Kier alpha value is -0.960. The summed E-state index contributed by atoms with van der Waals surface area (Å²) in [6.45, 7) is 0. The van der Waals surface area contributed by atoms with E-state index in [1.165, 1.54) is 6.07 Å². The summed E-state index contributed by atoms with van der Waals surface area (Å²) in [4.78, 5) is 23.8. The molecule has 13 heavy (non-hydrogen) atoms. The molecule has 0 unspecified atom stereocenters. The van der Waals surface area contributed by atoms with Crippen LogP contribution in [0, 0.1) is 0 Å². The van der Waals surface area contributed by atoms with Crippen LogP contribution >= 0.6 is 27.5 Å².